The van der Waals surface area contributed by atoms with Crippen LogP contribution in [0.2, 0.25) is 0 Å². The monoisotopic (exact) mass is 192 g/mol. The summed E-state index contributed by atoms with van der Waals surface area (Å²) in [7, 11) is 0. The van der Waals surface area contributed by atoms with Crippen molar-refractivity contribution in [1.29, 1.82) is 0 Å². The highest BCUT2D eigenvalue weighted by Crippen LogP contribution is 2.19. The van der Waals surface area contributed by atoms with Gasteiger partial charge in [-0.2, -0.15) is 0 Å². The molecule has 0 aliphatic heterocycles. The van der Waals surface area contributed by atoms with E-state index in [9.17, 15) is 0 Å². The normalized spacial score (nSPS) is 10.9. The van der Waals surface area contributed by atoms with Crippen molar-refractivity contribution in [2.45, 2.75) is 25.2 Å². The first-order valence-electron chi connectivity index (χ1n) is 4.72. The van der Waals surface area contributed by atoms with Gasteiger partial charge in [-0.15, -0.1) is 11.8 Å². The number of benzene rings is 1. The molecule has 0 unspecified atom stereocenters. The lowest BCUT2D eigenvalue weighted by molar-refractivity contribution is 1.10. The van der Waals surface area contributed by atoms with E-state index in [1.54, 1.807) is 0 Å². The maximum absolute atomic E-state index is 2.21. The fourth-order valence-corrected chi connectivity index (χ4v) is 1.86. The van der Waals surface area contributed by atoms with Gasteiger partial charge in [-0.3, -0.25) is 0 Å². The van der Waals surface area contributed by atoms with Gasteiger partial charge in [-0.05, 0) is 36.8 Å². The van der Waals surface area contributed by atoms with Gasteiger partial charge in [-0.1, -0.05) is 31.2 Å². The van der Waals surface area contributed by atoms with E-state index in [1.165, 1.54) is 22.6 Å². The molecule has 0 radical (unpaired) electrons. The zero-order valence-corrected chi connectivity index (χ0v) is 9.10. The molecule has 1 aromatic rings. The van der Waals surface area contributed by atoms with E-state index in [4.69, 9.17) is 0 Å². The van der Waals surface area contributed by atoms with Crippen LogP contribution in [0.25, 0.3) is 6.08 Å². The van der Waals surface area contributed by atoms with Crippen LogP contribution in [-0.4, -0.2) is 5.75 Å². The zero-order valence-electron chi connectivity index (χ0n) is 8.29. The van der Waals surface area contributed by atoms with Crippen LogP contribution in [0.4, 0.5) is 0 Å². The Balaban J connectivity index is 2.58. The lowest BCUT2D eigenvalue weighted by Crippen LogP contribution is -1.76. The van der Waals surface area contributed by atoms with Crippen molar-refractivity contribution in [1.82, 2.24) is 0 Å². The summed E-state index contributed by atoms with van der Waals surface area (Å²) in [5.41, 5.74) is 1.28. The van der Waals surface area contributed by atoms with Gasteiger partial charge in [-0.25, -0.2) is 0 Å². The minimum absolute atomic E-state index is 1.21. The standard InChI is InChI=1S/C12H16S/c1-3-5-11-6-8-12(9-7-11)13-10-4-2/h3,5-9H,4,10H2,1-2H3/b5-3+. The van der Waals surface area contributed by atoms with Crippen LogP contribution in [0.1, 0.15) is 25.8 Å². The first-order chi connectivity index (χ1) is 6.36. The summed E-state index contributed by atoms with van der Waals surface area (Å²) in [6.45, 7) is 4.25. The smallest absolute Gasteiger partial charge is 0.00723 e. The SMILES string of the molecule is C/C=C/c1ccc(SCCC)cc1. The number of rotatable bonds is 4. The molecule has 0 amide bonds. The van der Waals surface area contributed by atoms with Gasteiger partial charge in [0.2, 0.25) is 0 Å². The van der Waals surface area contributed by atoms with Crippen LogP contribution in [-0.2, 0) is 0 Å². The molecule has 1 rings (SSSR count). The highest BCUT2D eigenvalue weighted by molar-refractivity contribution is 7.99. The molecule has 0 N–H and O–H groups in total. The summed E-state index contributed by atoms with van der Waals surface area (Å²) in [5.74, 6) is 1.21. The molecular weight excluding hydrogens is 176 g/mol. The fourth-order valence-electron chi connectivity index (χ4n) is 1.09. The molecule has 1 heteroatoms. The second kappa shape index (κ2) is 5.87. The molecule has 0 heterocycles. The van der Waals surface area contributed by atoms with Crippen LogP contribution < -0.4 is 0 Å². The van der Waals surface area contributed by atoms with Crippen LogP contribution in [0.3, 0.4) is 0 Å². The Hall–Kier alpha value is -0.690. The van der Waals surface area contributed by atoms with E-state index in [0.29, 0.717) is 0 Å². The summed E-state index contributed by atoms with van der Waals surface area (Å²) in [6.07, 6.45) is 5.42. The largest absolute Gasteiger partial charge is 0.126 e. The van der Waals surface area contributed by atoms with Crippen molar-refractivity contribution in [2.75, 3.05) is 5.75 Å². The van der Waals surface area contributed by atoms with Gasteiger partial charge >= 0.3 is 0 Å². The number of allylic oxidation sites excluding steroid dienone is 1. The summed E-state index contributed by atoms with van der Waals surface area (Å²) in [4.78, 5) is 1.37. The number of hydrogen-bond donors (Lipinski definition) is 0. The third kappa shape index (κ3) is 3.69. The van der Waals surface area contributed by atoms with Crippen molar-refractivity contribution >= 4 is 17.8 Å². The lowest BCUT2D eigenvalue weighted by Gasteiger charge is -1.99. The highest BCUT2D eigenvalue weighted by Gasteiger charge is 1.91. The van der Waals surface area contributed by atoms with E-state index in [-0.39, 0.29) is 0 Å². The molecule has 0 aliphatic carbocycles. The van der Waals surface area contributed by atoms with Gasteiger partial charge < -0.3 is 0 Å². The van der Waals surface area contributed by atoms with E-state index in [1.807, 2.05) is 18.7 Å². The summed E-state index contributed by atoms with van der Waals surface area (Å²) >= 11 is 1.92. The molecule has 0 nitrogen and oxygen atoms in total. The number of hydrogen-bond acceptors (Lipinski definition) is 1. The first-order valence-corrected chi connectivity index (χ1v) is 5.71. The minimum atomic E-state index is 1.21. The Kier molecular flexibility index (Phi) is 4.69. The molecule has 70 valence electrons. The third-order valence-electron chi connectivity index (χ3n) is 1.71. The average Bonchev–Trinajstić information content (AvgIpc) is 2.17. The predicted octanol–water partition coefficient (Wildman–Crippen LogP) is 4.22. The summed E-state index contributed by atoms with van der Waals surface area (Å²) in [5, 5.41) is 0. The van der Waals surface area contributed by atoms with Gasteiger partial charge in [0.15, 0.2) is 0 Å². The van der Waals surface area contributed by atoms with E-state index < -0.39 is 0 Å². The van der Waals surface area contributed by atoms with Crippen molar-refractivity contribution in [3.63, 3.8) is 0 Å². The van der Waals surface area contributed by atoms with Gasteiger partial charge in [0.25, 0.3) is 0 Å². The zero-order chi connectivity index (χ0) is 9.52. The quantitative estimate of drug-likeness (QED) is 0.644. The molecule has 0 fully saturated rings. The van der Waals surface area contributed by atoms with Crippen molar-refractivity contribution in [3.8, 4) is 0 Å². The average molecular weight is 192 g/mol. The second-order valence-corrected chi connectivity index (χ2v) is 4.09. The molecule has 0 saturated carbocycles. The van der Waals surface area contributed by atoms with Crippen LogP contribution >= 0.6 is 11.8 Å². The maximum Gasteiger partial charge on any atom is 0.00723 e. The molecule has 13 heavy (non-hydrogen) atoms. The highest BCUT2D eigenvalue weighted by atomic mass is 32.2. The Morgan fingerprint density at radius 3 is 2.46 bits per heavy atom. The second-order valence-electron chi connectivity index (χ2n) is 2.92. The van der Waals surface area contributed by atoms with Crippen LogP contribution in [0.5, 0.6) is 0 Å². The van der Waals surface area contributed by atoms with Crippen molar-refractivity contribution < 1.29 is 0 Å². The van der Waals surface area contributed by atoms with Gasteiger partial charge in [0.1, 0.15) is 0 Å². The van der Waals surface area contributed by atoms with Crippen molar-refractivity contribution in [2.24, 2.45) is 0 Å². The molecule has 1 aromatic carbocycles. The number of thioether (sulfide) groups is 1. The Morgan fingerprint density at radius 1 is 1.23 bits per heavy atom. The Morgan fingerprint density at radius 2 is 1.92 bits per heavy atom. The van der Waals surface area contributed by atoms with Crippen LogP contribution in [0, 0.1) is 0 Å². The van der Waals surface area contributed by atoms with E-state index in [2.05, 4.69) is 43.3 Å². The molecule has 0 aromatic heterocycles. The van der Waals surface area contributed by atoms with Crippen molar-refractivity contribution in [3.05, 3.63) is 35.9 Å². The van der Waals surface area contributed by atoms with E-state index >= 15 is 0 Å². The Bertz CT molecular complexity index is 259. The van der Waals surface area contributed by atoms with Gasteiger partial charge in [0.05, 0.1) is 0 Å². The predicted molar refractivity (Wildman–Crippen MR) is 62.2 cm³/mol. The summed E-state index contributed by atoms with van der Waals surface area (Å²) in [6, 6.07) is 8.71. The minimum Gasteiger partial charge on any atom is -0.126 e. The molecule has 0 aliphatic rings. The molecule has 0 spiro atoms. The molecular formula is C12H16S. The molecule has 0 atom stereocenters. The molecule has 0 bridgehead atoms. The third-order valence-corrected chi connectivity index (χ3v) is 2.93. The van der Waals surface area contributed by atoms with Crippen LogP contribution in [0.15, 0.2) is 35.2 Å². The topological polar surface area (TPSA) is 0 Å². The van der Waals surface area contributed by atoms with E-state index in [0.717, 1.165) is 0 Å². The maximum atomic E-state index is 2.21. The molecule has 0 saturated heterocycles. The Labute approximate surface area is 85.1 Å². The first kappa shape index (κ1) is 10.4. The summed E-state index contributed by atoms with van der Waals surface area (Å²) < 4.78 is 0. The lowest BCUT2D eigenvalue weighted by atomic mass is 10.2. The fraction of sp³-hybridized carbons (Fsp3) is 0.333. The van der Waals surface area contributed by atoms with Gasteiger partial charge in [0, 0.05) is 4.90 Å².